The summed E-state index contributed by atoms with van der Waals surface area (Å²) in [6.07, 6.45) is 1.53. The van der Waals surface area contributed by atoms with E-state index in [0.717, 1.165) is 29.7 Å². The van der Waals surface area contributed by atoms with E-state index in [0.29, 0.717) is 12.2 Å². The van der Waals surface area contributed by atoms with E-state index in [4.69, 9.17) is 4.74 Å². The Morgan fingerprint density at radius 1 is 1.09 bits per heavy atom. The lowest BCUT2D eigenvalue weighted by molar-refractivity contribution is 0.370. The number of ether oxygens (including phenoxy) is 1. The first-order chi connectivity index (χ1) is 10.6. The summed E-state index contributed by atoms with van der Waals surface area (Å²) in [4.78, 5) is 0. The quantitative estimate of drug-likeness (QED) is 0.654. The van der Waals surface area contributed by atoms with Crippen LogP contribution < -0.4 is 10.1 Å². The number of benzene rings is 2. The molecule has 22 heavy (non-hydrogen) atoms. The molecule has 1 atom stereocenters. The first-order valence-corrected chi connectivity index (χ1v) is 7.22. The van der Waals surface area contributed by atoms with E-state index in [1.165, 1.54) is 13.2 Å². The monoisotopic (exact) mass is 301 g/mol. The number of hydrogen-bond donors (Lipinski definition) is 4. The van der Waals surface area contributed by atoms with Crippen molar-refractivity contribution in [1.82, 2.24) is 5.32 Å². The van der Waals surface area contributed by atoms with Crippen molar-refractivity contribution in [3.05, 3.63) is 47.0 Å². The van der Waals surface area contributed by atoms with Gasteiger partial charge in [0.05, 0.1) is 7.11 Å². The normalized spacial score (nSPS) is 17.0. The summed E-state index contributed by atoms with van der Waals surface area (Å²) in [5.41, 5.74) is 3.12. The van der Waals surface area contributed by atoms with Crippen LogP contribution in [-0.2, 0) is 12.8 Å². The van der Waals surface area contributed by atoms with E-state index in [9.17, 15) is 15.3 Å². The lowest BCUT2D eigenvalue weighted by atomic mass is 9.90. The Labute approximate surface area is 128 Å². The molecule has 2 aromatic carbocycles. The van der Waals surface area contributed by atoms with Crippen LogP contribution >= 0.6 is 0 Å². The minimum Gasteiger partial charge on any atom is -0.504 e. The molecule has 0 spiro atoms. The number of phenolic OH excluding ortho intramolecular Hbond substituents is 3. The molecule has 3 rings (SSSR count). The minimum absolute atomic E-state index is 0.0715. The van der Waals surface area contributed by atoms with Crippen molar-refractivity contribution in [2.75, 3.05) is 13.7 Å². The minimum atomic E-state index is -0.118. The van der Waals surface area contributed by atoms with Gasteiger partial charge >= 0.3 is 0 Å². The Balaban J connectivity index is 1.92. The van der Waals surface area contributed by atoms with Crippen LogP contribution in [0.15, 0.2) is 30.3 Å². The number of hydrogen-bond acceptors (Lipinski definition) is 5. The fraction of sp³-hybridized carbons (Fsp3) is 0.294. The van der Waals surface area contributed by atoms with Gasteiger partial charge in [-0.2, -0.15) is 0 Å². The topological polar surface area (TPSA) is 82.0 Å². The third-order valence-corrected chi connectivity index (χ3v) is 4.08. The van der Waals surface area contributed by atoms with Crippen molar-refractivity contribution in [2.24, 2.45) is 0 Å². The number of nitrogens with one attached hydrogen (secondary N) is 1. The lowest BCUT2D eigenvalue weighted by Gasteiger charge is -2.28. The molecule has 1 unspecified atom stereocenters. The van der Waals surface area contributed by atoms with Crippen molar-refractivity contribution in [1.29, 1.82) is 0 Å². The summed E-state index contributed by atoms with van der Waals surface area (Å²) in [5.74, 6) is 0.384. The predicted molar refractivity (Wildman–Crippen MR) is 82.6 cm³/mol. The molecule has 0 aromatic heterocycles. The van der Waals surface area contributed by atoms with Crippen LogP contribution in [0.3, 0.4) is 0 Å². The summed E-state index contributed by atoms with van der Waals surface area (Å²) < 4.78 is 5.19. The average Bonchev–Trinajstić information content (AvgIpc) is 2.50. The maximum Gasteiger partial charge on any atom is 0.160 e. The Bertz CT molecular complexity index is 699. The fourth-order valence-corrected chi connectivity index (χ4v) is 2.94. The molecular weight excluding hydrogens is 282 g/mol. The van der Waals surface area contributed by atoms with Gasteiger partial charge in [0.1, 0.15) is 0 Å². The molecule has 0 fully saturated rings. The number of phenols is 3. The number of rotatable bonds is 3. The second-order valence-electron chi connectivity index (χ2n) is 5.51. The highest BCUT2D eigenvalue weighted by Crippen LogP contribution is 2.36. The molecule has 0 bridgehead atoms. The van der Waals surface area contributed by atoms with Crippen LogP contribution in [-0.4, -0.2) is 29.0 Å². The predicted octanol–water partition coefficient (Wildman–Crippen LogP) is 2.24. The van der Waals surface area contributed by atoms with Crippen LogP contribution in [0.25, 0.3) is 0 Å². The molecule has 116 valence electrons. The van der Waals surface area contributed by atoms with Gasteiger partial charge in [0.25, 0.3) is 0 Å². The maximum absolute atomic E-state index is 9.90. The molecule has 0 aliphatic carbocycles. The van der Waals surface area contributed by atoms with Gasteiger partial charge in [0, 0.05) is 6.04 Å². The first kappa shape index (κ1) is 14.5. The summed E-state index contributed by atoms with van der Waals surface area (Å²) in [5, 5.41) is 32.4. The molecule has 1 heterocycles. The van der Waals surface area contributed by atoms with Crippen molar-refractivity contribution in [3.63, 3.8) is 0 Å². The van der Waals surface area contributed by atoms with Crippen molar-refractivity contribution < 1.29 is 20.1 Å². The van der Waals surface area contributed by atoms with Gasteiger partial charge in [-0.15, -0.1) is 0 Å². The average molecular weight is 301 g/mol. The van der Waals surface area contributed by atoms with Gasteiger partial charge in [0.2, 0.25) is 0 Å². The molecule has 0 saturated heterocycles. The highest BCUT2D eigenvalue weighted by atomic mass is 16.5. The highest BCUT2D eigenvalue weighted by molar-refractivity contribution is 5.49. The largest absolute Gasteiger partial charge is 0.504 e. The van der Waals surface area contributed by atoms with Crippen molar-refractivity contribution in [2.45, 2.75) is 18.9 Å². The Morgan fingerprint density at radius 2 is 1.91 bits per heavy atom. The van der Waals surface area contributed by atoms with Crippen LogP contribution in [0.2, 0.25) is 0 Å². The molecule has 0 saturated carbocycles. The lowest BCUT2D eigenvalue weighted by Crippen LogP contribution is -2.31. The van der Waals surface area contributed by atoms with E-state index in [1.807, 2.05) is 6.07 Å². The molecule has 1 aliphatic heterocycles. The molecule has 5 nitrogen and oxygen atoms in total. The molecule has 5 heteroatoms. The maximum atomic E-state index is 9.90. The van der Waals surface area contributed by atoms with E-state index in [2.05, 4.69) is 5.32 Å². The summed E-state index contributed by atoms with van der Waals surface area (Å²) >= 11 is 0. The third kappa shape index (κ3) is 2.67. The van der Waals surface area contributed by atoms with Crippen LogP contribution in [0, 0.1) is 0 Å². The van der Waals surface area contributed by atoms with E-state index >= 15 is 0 Å². The van der Waals surface area contributed by atoms with Crippen molar-refractivity contribution >= 4 is 0 Å². The van der Waals surface area contributed by atoms with Gasteiger partial charge in [-0.05, 0) is 60.3 Å². The zero-order valence-corrected chi connectivity index (χ0v) is 12.3. The van der Waals surface area contributed by atoms with Gasteiger partial charge in [0.15, 0.2) is 23.0 Å². The second kappa shape index (κ2) is 5.77. The van der Waals surface area contributed by atoms with E-state index in [1.54, 1.807) is 18.2 Å². The fourth-order valence-electron chi connectivity index (χ4n) is 2.94. The second-order valence-corrected chi connectivity index (χ2v) is 5.51. The van der Waals surface area contributed by atoms with E-state index < -0.39 is 0 Å². The SMILES string of the molecule is COc1cc2c(cc1O)CCNC2Cc1ccc(O)c(O)c1. The first-order valence-electron chi connectivity index (χ1n) is 7.22. The summed E-state index contributed by atoms with van der Waals surface area (Å²) in [6.45, 7) is 0.827. The number of aromatic hydroxyl groups is 3. The number of methoxy groups -OCH3 is 1. The van der Waals surface area contributed by atoms with Crippen LogP contribution in [0.1, 0.15) is 22.7 Å². The summed E-state index contributed by atoms with van der Waals surface area (Å²) in [6, 6.07) is 8.55. The van der Waals surface area contributed by atoms with Gasteiger partial charge in [-0.1, -0.05) is 6.07 Å². The molecule has 2 aromatic rings. The zero-order valence-electron chi connectivity index (χ0n) is 12.3. The number of fused-ring (bicyclic) bond motifs is 1. The standard InChI is InChI=1S/C17H19NO4/c1-22-17-9-12-11(8-16(17)21)4-5-18-13(12)6-10-2-3-14(19)15(20)7-10/h2-3,7-9,13,18-21H,4-6H2,1H3. The van der Waals surface area contributed by atoms with Gasteiger partial charge in [-0.25, -0.2) is 0 Å². The van der Waals surface area contributed by atoms with Crippen molar-refractivity contribution in [3.8, 4) is 23.0 Å². The molecular formula is C17H19NO4. The molecule has 1 aliphatic rings. The van der Waals surface area contributed by atoms with Gasteiger partial charge in [-0.3, -0.25) is 0 Å². The molecule has 0 amide bonds. The smallest absolute Gasteiger partial charge is 0.160 e. The Kier molecular flexibility index (Phi) is 3.81. The van der Waals surface area contributed by atoms with Crippen LogP contribution in [0.4, 0.5) is 0 Å². The Hall–Kier alpha value is -2.40. The van der Waals surface area contributed by atoms with Gasteiger partial charge < -0.3 is 25.4 Å². The van der Waals surface area contributed by atoms with Crippen LogP contribution in [0.5, 0.6) is 23.0 Å². The van der Waals surface area contributed by atoms with E-state index in [-0.39, 0.29) is 23.3 Å². The highest BCUT2D eigenvalue weighted by Gasteiger charge is 2.22. The third-order valence-electron chi connectivity index (χ3n) is 4.08. The summed E-state index contributed by atoms with van der Waals surface area (Å²) in [7, 11) is 1.53. The Morgan fingerprint density at radius 3 is 2.64 bits per heavy atom. The molecule has 0 radical (unpaired) electrons. The zero-order chi connectivity index (χ0) is 15.7. The molecule has 4 N–H and O–H groups in total.